The number of nitrogens with two attached hydrogens (primary N) is 1. The van der Waals surface area contributed by atoms with Crippen LogP contribution in [0.15, 0.2) is 57.9 Å². The van der Waals surface area contributed by atoms with E-state index in [1.165, 1.54) is 37.7 Å². The lowest BCUT2D eigenvalue weighted by molar-refractivity contribution is -0.123. The summed E-state index contributed by atoms with van der Waals surface area (Å²) in [6.07, 6.45) is 6.50. The highest BCUT2D eigenvalue weighted by Gasteiger charge is 2.26. The SMILES string of the molecule is C=C(C)N=C1OC(C)C(c2ccc(C3CCCCC3)cc2)=N/C1=C(/C)N.CC.CCNC(=O)CO. The van der Waals surface area contributed by atoms with E-state index in [4.69, 9.17) is 20.6 Å². The number of allylic oxidation sites excluding steroid dienone is 2. The molecule has 1 heterocycles. The van der Waals surface area contributed by atoms with Crippen molar-refractivity contribution in [3.8, 4) is 0 Å². The molecule has 0 aromatic heterocycles. The summed E-state index contributed by atoms with van der Waals surface area (Å²) in [4.78, 5) is 19.2. The Balaban J connectivity index is 0.000000587. The van der Waals surface area contributed by atoms with Crippen LogP contribution in [0.5, 0.6) is 0 Å². The Morgan fingerprint density at radius 3 is 2.26 bits per heavy atom. The molecular formula is C28H44N4O3. The number of nitrogens with zero attached hydrogens (tertiary/aromatic N) is 2. The van der Waals surface area contributed by atoms with Gasteiger partial charge in [0.05, 0.1) is 5.71 Å². The summed E-state index contributed by atoms with van der Waals surface area (Å²) in [5.41, 5.74) is 11.3. The maximum absolute atomic E-state index is 10.1. The van der Waals surface area contributed by atoms with Crippen molar-refractivity contribution in [3.63, 3.8) is 0 Å². The fourth-order valence-electron chi connectivity index (χ4n) is 3.96. The molecule has 1 aromatic rings. The van der Waals surface area contributed by atoms with E-state index in [0.717, 1.165) is 11.3 Å². The number of carbonyl (C=O) groups is 1. The third-order valence-corrected chi connectivity index (χ3v) is 5.57. The van der Waals surface area contributed by atoms with Crippen molar-refractivity contribution in [1.82, 2.24) is 5.32 Å². The van der Waals surface area contributed by atoms with Gasteiger partial charge < -0.3 is 20.9 Å². The molecular weight excluding hydrogens is 440 g/mol. The summed E-state index contributed by atoms with van der Waals surface area (Å²) in [7, 11) is 0. The van der Waals surface area contributed by atoms with Gasteiger partial charge in [0.2, 0.25) is 11.8 Å². The van der Waals surface area contributed by atoms with Crippen LogP contribution in [-0.2, 0) is 9.53 Å². The smallest absolute Gasteiger partial charge is 0.245 e. The number of carbonyl (C=O) groups excluding carboxylic acids is 1. The van der Waals surface area contributed by atoms with E-state index in [0.29, 0.717) is 35.5 Å². The normalized spacial score (nSPS) is 20.3. The number of rotatable bonds is 5. The van der Waals surface area contributed by atoms with E-state index in [2.05, 4.69) is 41.2 Å². The van der Waals surface area contributed by atoms with Gasteiger partial charge >= 0.3 is 0 Å². The Morgan fingerprint density at radius 1 is 1.20 bits per heavy atom. The average Bonchev–Trinajstić information content (AvgIpc) is 2.86. The van der Waals surface area contributed by atoms with Crippen molar-refractivity contribution in [3.05, 3.63) is 59.1 Å². The Kier molecular flexibility index (Phi) is 13.7. The van der Waals surface area contributed by atoms with Gasteiger partial charge in [-0.25, -0.2) is 9.98 Å². The first-order valence-corrected chi connectivity index (χ1v) is 12.7. The maximum Gasteiger partial charge on any atom is 0.245 e. The topological polar surface area (TPSA) is 109 Å². The number of amides is 1. The zero-order valence-corrected chi connectivity index (χ0v) is 22.4. The fourth-order valence-corrected chi connectivity index (χ4v) is 3.96. The van der Waals surface area contributed by atoms with Gasteiger partial charge in [-0.15, -0.1) is 0 Å². The number of nitrogens with one attached hydrogen (secondary N) is 1. The van der Waals surface area contributed by atoms with Gasteiger partial charge in [0.1, 0.15) is 18.4 Å². The minimum atomic E-state index is -0.409. The second kappa shape index (κ2) is 15.9. The quantitative estimate of drug-likeness (QED) is 0.533. The highest BCUT2D eigenvalue weighted by atomic mass is 16.5. The molecule has 3 rings (SSSR count). The summed E-state index contributed by atoms with van der Waals surface area (Å²) in [5, 5.41) is 10.5. The summed E-state index contributed by atoms with van der Waals surface area (Å²) in [6, 6.07) is 8.81. The highest BCUT2D eigenvalue weighted by molar-refractivity contribution is 6.11. The number of hydrogen-bond donors (Lipinski definition) is 3. The Labute approximate surface area is 211 Å². The van der Waals surface area contributed by atoms with Crippen molar-refractivity contribution >= 4 is 17.5 Å². The number of aliphatic imine (C=N–C) groups is 2. The molecule has 2 aliphatic rings. The molecule has 7 heteroatoms. The molecule has 4 N–H and O–H groups in total. The van der Waals surface area contributed by atoms with E-state index >= 15 is 0 Å². The van der Waals surface area contributed by atoms with Crippen molar-refractivity contribution in [2.45, 2.75) is 85.7 Å². The molecule has 0 saturated heterocycles. The van der Waals surface area contributed by atoms with Crippen LogP contribution >= 0.6 is 0 Å². The second-order valence-electron chi connectivity index (χ2n) is 8.51. The lowest BCUT2D eigenvalue weighted by Crippen LogP contribution is -2.32. The van der Waals surface area contributed by atoms with Crippen molar-refractivity contribution < 1.29 is 14.6 Å². The average molecular weight is 485 g/mol. The van der Waals surface area contributed by atoms with E-state index in [1.54, 1.807) is 6.92 Å². The Morgan fingerprint density at radius 2 is 1.80 bits per heavy atom. The minimum Gasteiger partial charge on any atom is -0.467 e. The van der Waals surface area contributed by atoms with Crippen molar-refractivity contribution in [2.75, 3.05) is 13.2 Å². The molecule has 194 valence electrons. The van der Waals surface area contributed by atoms with E-state index in [9.17, 15) is 4.79 Å². The lowest BCUT2D eigenvalue weighted by Gasteiger charge is -2.26. The molecule has 1 atom stereocenters. The van der Waals surface area contributed by atoms with Crippen LogP contribution in [0.1, 0.15) is 90.7 Å². The zero-order chi connectivity index (χ0) is 26.4. The van der Waals surface area contributed by atoms with Gasteiger partial charge in [0.15, 0.2) is 0 Å². The molecule has 1 aliphatic carbocycles. The van der Waals surface area contributed by atoms with Crippen LogP contribution < -0.4 is 11.1 Å². The summed E-state index contributed by atoms with van der Waals surface area (Å²) < 4.78 is 6.01. The minimum absolute atomic E-state index is 0.184. The van der Waals surface area contributed by atoms with Crippen molar-refractivity contribution in [2.24, 2.45) is 15.7 Å². The van der Waals surface area contributed by atoms with Crippen LogP contribution in [-0.4, -0.2) is 41.9 Å². The molecule has 0 radical (unpaired) electrons. The predicted molar refractivity (Wildman–Crippen MR) is 146 cm³/mol. The molecule has 1 aromatic carbocycles. The second-order valence-corrected chi connectivity index (χ2v) is 8.51. The summed E-state index contributed by atoms with van der Waals surface area (Å²) in [6.45, 7) is 15.4. The molecule has 1 unspecified atom stereocenters. The maximum atomic E-state index is 10.1. The van der Waals surface area contributed by atoms with Gasteiger partial charge in [-0.2, -0.15) is 0 Å². The molecule has 35 heavy (non-hydrogen) atoms. The molecule has 7 nitrogen and oxygen atoms in total. The number of hydrogen-bond acceptors (Lipinski definition) is 6. The Hall–Kier alpha value is -2.93. The number of aliphatic hydroxyl groups excluding tert-OH is 1. The molecule has 1 fully saturated rings. The van der Waals surface area contributed by atoms with E-state index < -0.39 is 6.61 Å². The largest absolute Gasteiger partial charge is 0.467 e. The third-order valence-electron chi connectivity index (χ3n) is 5.57. The fraction of sp³-hybridized carbons (Fsp3) is 0.536. The first-order chi connectivity index (χ1) is 16.8. The highest BCUT2D eigenvalue weighted by Crippen LogP contribution is 2.33. The van der Waals surface area contributed by atoms with Gasteiger partial charge in [-0.3, -0.25) is 4.79 Å². The predicted octanol–water partition coefficient (Wildman–Crippen LogP) is 5.21. The molecule has 0 spiro atoms. The summed E-state index contributed by atoms with van der Waals surface area (Å²) >= 11 is 0. The van der Waals surface area contributed by atoms with Gasteiger partial charge in [-0.05, 0) is 57.6 Å². The van der Waals surface area contributed by atoms with Gasteiger partial charge in [0, 0.05) is 17.9 Å². The van der Waals surface area contributed by atoms with Crippen LogP contribution in [0.25, 0.3) is 0 Å². The Bertz CT molecular complexity index is 907. The number of likely N-dealkylation sites (N-methyl/N-ethyl adjacent to an activating group) is 1. The number of ether oxygens (including phenoxy) is 1. The lowest BCUT2D eigenvalue weighted by atomic mass is 9.83. The van der Waals surface area contributed by atoms with Gasteiger partial charge in [-0.1, -0.05) is 64.0 Å². The van der Waals surface area contributed by atoms with Gasteiger partial charge in [0.25, 0.3) is 0 Å². The van der Waals surface area contributed by atoms with E-state index in [-0.39, 0.29) is 12.0 Å². The van der Waals surface area contributed by atoms with E-state index in [1.807, 2.05) is 34.6 Å². The monoisotopic (exact) mass is 484 g/mol. The molecule has 1 amide bonds. The van der Waals surface area contributed by atoms with Crippen molar-refractivity contribution in [1.29, 1.82) is 0 Å². The van der Waals surface area contributed by atoms with Crippen LogP contribution in [0, 0.1) is 0 Å². The zero-order valence-electron chi connectivity index (χ0n) is 22.4. The number of benzene rings is 1. The standard InChI is InChI=1S/C22H29N3O.C4H9NO2.C2H6/c1-14(2)24-22-20(15(3)23)25-21(16(4)26-22)19-12-10-18(11-13-19)17-8-6-5-7-9-17;1-2-5-4(7)3-6;1-2/h10-13,16-17H,1,5-9,23H2,2-4H3;6H,2-3H2,1H3,(H,5,7);1-2H3/b20-15-,24-22?;;. The third kappa shape index (κ3) is 9.68. The molecule has 1 aliphatic heterocycles. The van der Waals surface area contributed by atoms with Crippen LogP contribution in [0.4, 0.5) is 0 Å². The molecule has 0 bridgehead atoms. The van der Waals surface area contributed by atoms with Crippen LogP contribution in [0.3, 0.4) is 0 Å². The molecule has 1 saturated carbocycles. The summed E-state index contributed by atoms with van der Waals surface area (Å²) in [5.74, 6) is 0.839. The first kappa shape index (κ1) is 30.1. The van der Waals surface area contributed by atoms with Crippen LogP contribution in [0.2, 0.25) is 0 Å². The number of aliphatic hydroxyl groups is 1. The first-order valence-electron chi connectivity index (χ1n) is 12.7.